The Morgan fingerprint density at radius 2 is 1.85 bits per heavy atom. The Labute approximate surface area is 230 Å². The van der Waals surface area contributed by atoms with E-state index in [1.165, 1.54) is 4.90 Å². The number of benzene rings is 1. The number of nitrogens with zero attached hydrogens (tertiary/aromatic N) is 1. The summed E-state index contributed by atoms with van der Waals surface area (Å²) in [6.07, 6.45) is 1.40. The third-order valence-electron chi connectivity index (χ3n) is 5.39. The molecule has 0 radical (unpaired) electrons. The van der Waals surface area contributed by atoms with Crippen molar-refractivity contribution in [1.82, 2.24) is 15.5 Å². The summed E-state index contributed by atoms with van der Waals surface area (Å²) in [6.45, 7) is 12.7. The first kappa shape index (κ1) is 33.1. The summed E-state index contributed by atoms with van der Waals surface area (Å²) in [5.74, 6) is -2.50. The highest BCUT2D eigenvalue weighted by atomic mass is 16.6. The highest BCUT2D eigenvalue weighted by molar-refractivity contribution is 5.94. The van der Waals surface area contributed by atoms with Crippen molar-refractivity contribution < 1.29 is 33.4 Å². The highest BCUT2D eigenvalue weighted by Gasteiger charge is 2.36. The van der Waals surface area contributed by atoms with E-state index in [1.54, 1.807) is 58.0 Å². The average Bonchev–Trinajstić information content (AvgIpc) is 2.84. The minimum atomic E-state index is -1.37. The maximum atomic E-state index is 13.9. The molecule has 0 aliphatic rings. The first-order valence-corrected chi connectivity index (χ1v) is 13.1. The van der Waals surface area contributed by atoms with E-state index in [4.69, 9.17) is 15.2 Å². The number of primary amides is 1. The Balaban J connectivity index is 3.46. The van der Waals surface area contributed by atoms with E-state index in [1.807, 2.05) is 6.92 Å². The second-order valence-electron chi connectivity index (χ2n) is 9.88. The second kappa shape index (κ2) is 16.2. The lowest BCUT2D eigenvalue weighted by Gasteiger charge is -2.34. The van der Waals surface area contributed by atoms with Crippen LogP contribution in [0.1, 0.15) is 77.5 Å². The molecule has 216 valence electrons. The molecule has 0 saturated carbocycles. The van der Waals surface area contributed by atoms with Crippen LogP contribution in [0.4, 0.5) is 4.79 Å². The Kier molecular flexibility index (Phi) is 13.7. The summed E-state index contributed by atoms with van der Waals surface area (Å²) < 4.78 is 10.2. The molecule has 1 aromatic carbocycles. The van der Waals surface area contributed by atoms with Gasteiger partial charge in [0.1, 0.15) is 17.7 Å². The van der Waals surface area contributed by atoms with E-state index in [9.17, 15) is 24.0 Å². The first-order valence-electron chi connectivity index (χ1n) is 13.1. The summed E-state index contributed by atoms with van der Waals surface area (Å²) in [6, 6.07) is 4.43. The molecule has 0 aromatic heterocycles. The molecule has 11 heteroatoms. The van der Waals surface area contributed by atoms with E-state index in [0.29, 0.717) is 18.4 Å². The molecule has 2 unspecified atom stereocenters. The molecule has 0 bridgehead atoms. The van der Waals surface area contributed by atoms with Gasteiger partial charge in [0, 0.05) is 13.1 Å². The lowest BCUT2D eigenvalue weighted by atomic mass is 9.99. The molecule has 39 heavy (non-hydrogen) atoms. The van der Waals surface area contributed by atoms with Crippen molar-refractivity contribution in [3.8, 4) is 0 Å². The fourth-order valence-electron chi connectivity index (χ4n) is 3.69. The van der Waals surface area contributed by atoms with Gasteiger partial charge in [-0.3, -0.25) is 19.2 Å². The van der Waals surface area contributed by atoms with Crippen LogP contribution < -0.4 is 16.4 Å². The molecular weight excluding hydrogens is 504 g/mol. The number of alkyl carbamates (subject to hydrolysis) is 1. The molecular formula is C28H42N4O7. The van der Waals surface area contributed by atoms with Gasteiger partial charge in [-0.2, -0.15) is 0 Å². The van der Waals surface area contributed by atoms with Crippen LogP contribution >= 0.6 is 0 Å². The van der Waals surface area contributed by atoms with Crippen LogP contribution in [-0.4, -0.2) is 66.0 Å². The number of carbonyl (C=O) groups is 5. The number of amides is 4. The molecule has 0 aliphatic heterocycles. The smallest absolute Gasteiger partial charge is 0.408 e. The third-order valence-corrected chi connectivity index (χ3v) is 5.39. The highest BCUT2D eigenvalue weighted by Crippen LogP contribution is 2.25. The molecule has 0 heterocycles. The maximum absolute atomic E-state index is 13.9. The van der Waals surface area contributed by atoms with Crippen molar-refractivity contribution in [2.45, 2.75) is 78.0 Å². The predicted molar refractivity (Wildman–Crippen MR) is 147 cm³/mol. The minimum Gasteiger partial charge on any atom is -0.466 e. The largest absolute Gasteiger partial charge is 0.466 e. The quantitative estimate of drug-likeness (QED) is 0.285. The van der Waals surface area contributed by atoms with Gasteiger partial charge >= 0.3 is 12.1 Å². The molecule has 0 aliphatic carbocycles. The fourth-order valence-corrected chi connectivity index (χ4v) is 3.69. The van der Waals surface area contributed by atoms with Gasteiger partial charge in [-0.15, -0.1) is 0 Å². The van der Waals surface area contributed by atoms with Gasteiger partial charge in [0.25, 0.3) is 0 Å². The van der Waals surface area contributed by atoms with Crippen molar-refractivity contribution in [3.05, 3.63) is 42.0 Å². The molecule has 11 nitrogen and oxygen atoms in total. The van der Waals surface area contributed by atoms with Gasteiger partial charge in [-0.1, -0.05) is 44.2 Å². The van der Waals surface area contributed by atoms with Gasteiger partial charge in [-0.25, -0.2) is 4.79 Å². The van der Waals surface area contributed by atoms with Gasteiger partial charge in [0.05, 0.1) is 19.4 Å². The number of ether oxygens (including phenoxy) is 2. The lowest BCUT2D eigenvalue weighted by molar-refractivity contribution is -0.144. The number of nitrogens with one attached hydrogen (secondary N) is 2. The Bertz CT molecular complexity index is 1020. The van der Waals surface area contributed by atoms with Gasteiger partial charge in [-0.05, 0) is 51.3 Å². The summed E-state index contributed by atoms with van der Waals surface area (Å²) in [5.41, 5.74) is 5.76. The number of carbonyl (C=O) groups excluding carboxylic acids is 5. The van der Waals surface area contributed by atoms with Crippen LogP contribution in [0.25, 0.3) is 6.08 Å². The molecule has 0 saturated heterocycles. The maximum Gasteiger partial charge on any atom is 0.408 e. The van der Waals surface area contributed by atoms with Gasteiger partial charge in [0.15, 0.2) is 0 Å². The number of nitrogens with two attached hydrogens (primary N) is 1. The first-order chi connectivity index (χ1) is 18.3. The molecule has 1 aromatic rings. The molecule has 0 spiro atoms. The zero-order chi connectivity index (χ0) is 29.6. The Morgan fingerprint density at radius 1 is 1.15 bits per heavy atom. The van der Waals surface area contributed by atoms with Crippen LogP contribution in [0.3, 0.4) is 0 Å². The van der Waals surface area contributed by atoms with Crippen LogP contribution in [-0.2, 0) is 28.7 Å². The summed E-state index contributed by atoms with van der Waals surface area (Å²) in [5, 5.41) is 5.15. The van der Waals surface area contributed by atoms with Crippen LogP contribution in [0.5, 0.6) is 0 Å². The molecule has 4 amide bonds. The predicted octanol–water partition coefficient (Wildman–Crippen LogP) is 2.84. The topological polar surface area (TPSA) is 157 Å². The Morgan fingerprint density at radius 3 is 2.41 bits per heavy atom. The van der Waals surface area contributed by atoms with E-state index < -0.39 is 53.9 Å². The number of esters is 1. The van der Waals surface area contributed by atoms with E-state index in [-0.39, 0.29) is 26.1 Å². The second-order valence-corrected chi connectivity index (χ2v) is 9.88. The standard InChI is InChI=1S/C28H42N4O7/c1-7-10-16-32(26(36)21(18-22(29)33)31-27(37)39-28(4,5)6)24(20-13-11-12-19(8-2)17-20)25(35)30-15-14-23(34)38-9-3/h8,11-13,17,21,24H,2,7,9-10,14-16,18H2,1,3-6H3,(H2,29,33)(H,30,35)(H,31,37). The van der Waals surface area contributed by atoms with Crippen molar-refractivity contribution in [3.63, 3.8) is 0 Å². The molecule has 4 N–H and O–H groups in total. The summed E-state index contributed by atoms with van der Waals surface area (Å²) in [4.78, 5) is 64.9. The van der Waals surface area contributed by atoms with Gasteiger partial charge < -0.3 is 30.7 Å². The van der Waals surface area contributed by atoms with Crippen molar-refractivity contribution in [2.75, 3.05) is 19.7 Å². The minimum absolute atomic E-state index is 0.00794. The fraction of sp³-hybridized carbons (Fsp3) is 0.536. The van der Waals surface area contributed by atoms with Crippen molar-refractivity contribution >= 4 is 35.9 Å². The molecule has 1 rings (SSSR count). The Hall–Kier alpha value is -3.89. The molecule has 2 atom stereocenters. The van der Waals surface area contributed by atoms with E-state index in [0.717, 1.165) is 5.56 Å². The van der Waals surface area contributed by atoms with Crippen molar-refractivity contribution in [2.24, 2.45) is 5.73 Å². The van der Waals surface area contributed by atoms with E-state index >= 15 is 0 Å². The van der Waals surface area contributed by atoms with Crippen LogP contribution in [0.15, 0.2) is 30.8 Å². The zero-order valence-electron chi connectivity index (χ0n) is 23.6. The number of hydrogen-bond donors (Lipinski definition) is 3. The number of unbranched alkanes of at least 4 members (excludes halogenated alkanes) is 1. The van der Waals surface area contributed by atoms with Gasteiger partial charge in [0.2, 0.25) is 17.7 Å². The van der Waals surface area contributed by atoms with Crippen LogP contribution in [0.2, 0.25) is 0 Å². The normalized spacial score (nSPS) is 12.4. The summed E-state index contributed by atoms with van der Waals surface area (Å²) >= 11 is 0. The molecule has 0 fully saturated rings. The average molecular weight is 547 g/mol. The monoisotopic (exact) mass is 546 g/mol. The third kappa shape index (κ3) is 12.0. The SMILES string of the molecule is C=Cc1cccc(C(C(=O)NCCC(=O)OCC)N(CCCC)C(=O)C(CC(N)=O)NC(=O)OC(C)(C)C)c1. The number of hydrogen-bond acceptors (Lipinski definition) is 7. The number of rotatable bonds is 15. The van der Waals surface area contributed by atoms with Crippen molar-refractivity contribution in [1.29, 1.82) is 0 Å². The van der Waals surface area contributed by atoms with E-state index in [2.05, 4.69) is 17.2 Å². The summed E-state index contributed by atoms with van der Waals surface area (Å²) in [7, 11) is 0. The van der Waals surface area contributed by atoms with Crippen LogP contribution in [0, 0.1) is 0 Å². The lowest BCUT2D eigenvalue weighted by Crippen LogP contribution is -2.54. The zero-order valence-corrected chi connectivity index (χ0v) is 23.6.